The number of carboxylic acid groups (broad SMARTS) is 1. The van der Waals surface area contributed by atoms with Crippen molar-refractivity contribution >= 4 is 17.6 Å². The maximum absolute atomic E-state index is 13.3. The van der Waals surface area contributed by atoms with Gasteiger partial charge in [0.05, 0.1) is 5.92 Å². The second-order valence-electron chi connectivity index (χ2n) is 5.41. The highest BCUT2D eigenvalue weighted by molar-refractivity contribution is 5.93. The van der Waals surface area contributed by atoms with E-state index in [4.69, 9.17) is 5.11 Å². The van der Waals surface area contributed by atoms with E-state index in [1.54, 1.807) is 13.0 Å². The molecule has 1 aromatic rings. The van der Waals surface area contributed by atoms with Crippen LogP contribution in [0.4, 0.5) is 10.1 Å². The fourth-order valence-electron chi connectivity index (χ4n) is 2.71. The molecule has 1 aliphatic carbocycles. The molecule has 0 spiro atoms. The quantitative estimate of drug-likeness (QED) is 0.894. The normalized spacial score (nSPS) is 22.3. The lowest BCUT2D eigenvalue weighted by Crippen LogP contribution is -2.30. The van der Waals surface area contributed by atoms with Gasteiger partial charge in [-0.05, 0) is 49.9 Å². The number of aliphatic carboxylic acids is 1. The van der Waals surface area contributed by atoms with E-state index in [9.17, 15) is 14.0 Å². The number of amides is 1. The second kappa shape index (κ2) is 6.03. The average molecular weight is 279 g/mol. The number of benzene rings is 1. The van der Waals surface area contributed by atoms with Gasteiger partial charge in [-0.25, -0.2) is 4.39 Å². The number of carboxylic acids is 1. The molecule has 1 aromatic carbocycles. The smallest absolute Gasteiger partial charge is 0.306 e. The number of carbonyl (C=O) groups is 2. The van der Waals surface area contributed by atoms with Crippen molar-refractivity contribution < 1.29 is 19.1 Å². The predicted molar refractivity (Wildman–Crippen MR) is 72.9 cm³/mol. The van der Waals surface area contributed by atoms with E-state index in [2.05, 4.69) is 5.32 Å². The lowest BCUT2D eigenvalue weighted by molar-refractivity contribution is -0.143. The minimum atomic E-state index is -0.843. The van der Waals surface area contributed by atoms with E-state index in [1.807, 2.05) is 0 Å². The number of halogens is 1. The first-order chi connectivity index (χ1) is 9.45. The zero-order chi connectivity index (χ0) is 14.7. The Kier molecular flexibility index (Phi) is 4.37. The third-order valence-corrected chi connectivity index (χ3v) is 3.70. The summed E-state index contributed by atoms with van der Waals surface area (Å²) in [6, 6.07) is 4.34. The van der Waals surface area contributed by atoms with Crippen molar-refractivity contribution in [1.82, 2.24) is 0 Å². The van der Waals surface area contributed by atoms with Crippen LogP contribution < -0.4 is 5.32 Å². The van der Waals surface area contributed by atoms with Gasteiger partial charge in [0.1, 0.15) is 5.82 Å². The first-order valence-electron chi connectivity index (χ1n) is 6.76. The largest absolute Gasteiger partial charge is 0.481 e. The van der Waals surface area contributed by atoms with E-state index in [0.29, 0.717) is 24.9 Å². The number of aryl methyl sites for hydroxylation is 1. The van der Waals surface area contributed by atoms with Crippen LogP contribution >= 0.6 is 0 Å². The van der Waals surface area contributed by atoms with E-state index in [1.165, 1.54) is 12.1 Å². The van der Waals surface area contributed by atoms with Crippen molar-refractivity contribution in [2.24, 2.45) is 11.8 Å². The number of anilines is 1. The molecule has 5 heteroatoms. The summed E-state index contributed by atoms with van der Waals surface area (Å²) in [6.45, 7) is 1.75. The van der Waals surface area contributed by atoms with Crippen LogP contribution in [0.2, 0.25) is 0 Å². The van der Waals surface area contributed by atoms with Crippen molar-refractivity contribution in [3.63, 3.8) is 0 Å². The molecule has 0 aromatic heterocycles. The minimum absolute atomic E-state index is 0.221. The lowest BCUT2D eigenvalue weighted by Gasteiger charge is -2.25. The highest BCUT2D eigenvalue weighted by Gasteiger charge is 2.31. The minimum Gasteiger partial charge on any atom is -0.481 e. The molecule has 1 amide bonds. The molecule has 4 nitrogen and oxygen atoms in total. The van der Waals surface area contributed by atoms with Gasteiger partial charge >= 0.3 is 5.97 Å². The Bertz CT molecular complexity index is 510. The molecule has 0 radical (unpaired) electrons. The van der Waals surface area contributed by atoms with Gasteiger partial charge in [-0.1, -0.05) is 6.42 Å². The van der Waals surface area contributed by atoms with E-state index in [0.717, 1.165) is 12.0 Å². The van der Waals surface area contributed by atoms with Crippen LogP contribution in [-0.2, 0) is 9.59 Å². The summed E-state index contributed by atoms with van der Waals surface area (Å²) in [5.41, 5.74) is 1.15. The van der Waals surface area contributed by atoms with Crippen molar-refractivity contribution in [2.75, 3.05) is 5.32 Å². The SMILES string of the molecule is Cc1cc(F)cc(NC(=O)C2CCCC(C(=O)O)C2)c1. The Labute approximate surface area is 117 Å². The summed E-state index contributed by atoms with van der Waals surface area (Å²) < 4.78 is 13.3. The monoisotopic (exact) mass is 279 g/mol. The van der Waals surface area contributed by atoms with Gasteiger partial charge in [-0.2, -0.15) is 0 Å². The molecule has 1 aliphatic rings. The average Bonchev–Trinajstić information content (AvgIpc) is 2.37. The molecule has 0 saturated heterocycles. The topological polar surface area (TPSA) is 66.4 Å². The van der Waals surface area contributed by atoms with Crippen molar-refractivity contribution in [3.05, 3.63) is 29.6 Å². The summed E-state index contributed by atoms with van der Waals surface area (Å²) in [6.07, 6.45) is 2.40. The van der Waals surface area contributed by atoms with Gasteiger partial charge < -0.3 is 10.4 Å². The molecule has 0 heterocycles. The first kappa shape index (κ1) is 14.5. The van der Waals surface area contributed by atoms with Crippen LogP contribution in [0.3, 0.4) is 0 Å². The number of carbonyl (C=O) groups excluding carboxylic acids is 1. The molecule has 1 saturated carbocycles. The number of nitrogens with one attached hydrogen (secondary N) is 1. The van der Waals surface area contributed by atoms with Gasteiger partial charge in [-0.3, -0.25) is 9.59 Å². The molecule has 2 unspecified atom stereocenters. The zero-order valence-corrected chi connectivity index (χ0v) is 11.4. The lowest BCUT2D eigenvalue weighted by atomic mass is 9.81. The molecule has 1 fully saturated rings. The van der Waals surface area contributed by atoms with Gasteiger partial charge in [0.25, 0.3) is 0 Å². The summed E-state index contributed by atoms with van der Waals surface area (Å²) in [4.78, 5) is 23.1. The van der Waals surface area contributed by atoms with Gasteiger partial charge in [-0.15, -0.1) is 0 Å². The third kappa shape index (κ3) is 3.56. The van der Waals surface area contributed by atoms with Gasteiger partial charge in [0.15, 0.2) is 0 Å². The molecule has 2 rings (SSSR count). The molecular weight excluding hydrogens is 261 g/mol. The predicted octanol–water partition coefficient (Wildman–Crippen LogP) is 2.96. The Morgan fingerprint density at radius 2 is 1.95 bits per heavy atom. The summed E-state index contributed by atoms with van der Waals surface area (Å²) in [5, 5.41) is 11.7. The van der Waals surface area contributed by atoms with Crippen molar-refractivity contribution in [1.29, 1.82) is 0 Å². The zero-order valence-electron chi connectivity index (χ0n) is 11.4. The summed E-state index contributed by atoms with van der Waals surface area (Å²) >= 11 is 0. The molecule has 0 aliphatic heterocycles. The molecule has 0 bridgehead atoms. The highest BCUT2D eigenvalue weighted by Crippen LogP contribution is 2.30. The van der Waals surface area contributed by atoms with Crippen LogP contribution in [0.1, 0.15) is 31.2 Å². The maximum atomic E-state index is 13.3. The number of hydrogen-bond acceptors (Lipinski definition) is 2. The number of rotatable bonds is 3. The third-order valence-electron chi connectivity index (χ3n) is 3.70. The molecule has 20 heavy (non-hydrogen) atoms. The fraction of sp³-hybridized carbons (Fsp3) is 0.467. The molecule has 2 atom stereocenters. The Balaban J connectivity index is 2.02. The van der Waals surface area contributed by atoms with Crippen molar-refractivity contribution in [3.8, 4) is 0 Å². The first-order valence-corrected chi connectivity index (χ1v) is 6.76. The Morgan fingerprint density at radius 3 is 2.60 bits per heavy atom. The summed E-state index contributed by atoms with van der Waals surface area (Å²) in [7, 11) is 0. The maximum Gasteiger partial charge on any atom is 0.306 e. The van der Waals surface area contributed by atoms with Crippen LogP contribution in [-0.4, -0.2) is 17.0 Å². The highest BCUT2D eigenvalue weighted by atomic mass is 19.1. The van der Waals surface area contributed by atoms with Gasteiger partial charge in [0, 0.05) is 11.6 Å². The fourth-order valence-corrected chi connectivity index (χ4v) is 2.71. The Hall–Kier alpha value is -1.91. The van der Waals surface area contributed by atoms with Gasteiger partial charge in [0.2, 0.25) is 5.91 Å². The van der Waals surface area contributed by atoms with Crippen LogP contribution in [0, 0.1) is 24.6 Å². The molecular formula is C15H18FNO3. The van der Waals surface area contributed by atoms with E-state index in [-0.39, 0.29) is 11.8 Å². The molecule has 2 N–H and O–H groups in total. The Morgan fingerprint density at radius 1 is 1.25 bits per heavy atom. The van der Waals surface area contributed by atoms with E-state index < -0.39 is 17.7 Å². The van der Waals surface area contributed by atoms with Crippen LogP contribution in [0.25, 0.3) is 0 Å². The standard InChI is InChI=1S/C15H18FNO3/c1-9-5-12(16)8-13(6-9)17-14(18)10-3-2-4-11(7-10)15(19)20/h5-6,8,10-11H,2-4,7H2,1H3,(H,17,18)(H,19,20). The van der Waals surface area contributed by atoms with Crippen LogP contribution in [0.5, 0.6) is 0 Å². The number of hydrogen-bond donors (Lipinski definition) is 2. The van der Waals surface area contributed by atoms with E-state index >= 15 is 0 Å². The second-order valence-corrected chi connectivity index (χ2v) is 5.41. The summed E-state index contributed by atoms with van der Waals surface area (Å²) in [5.74, 6) is -2.22. The molecule has 108 valence electrons. The van der Waals surface area contributed by atoms with Crippen molar-refractivity contribution in [2.45, 2.75) is 32.6 Å². The van der Waals surface area contributed by atoms with Crippen LogP contribution in [0.15, 0.2) is 18.2 Å².